The third-order valence-corrected chi connectivity index (χ3v) is 5.92. The Kier molecular flexibility index (Phi) is 6.79. The van der Waals surface area contributed by atoms with Crippen LogP contribution < -0.4 is 10.2 Å². The maximum Gasteiger partial charge on any atom is 0.225 e. The molecule has 2 aromatic carbocycles. The summed E-state index contributed by atoms with van der Waals surface area (Å²) in [5.74, 6) is 1.41. The molecule has 0 spiro atoms. The number of benzene rings is 2. The first-order valence-corrected chi connectivity index (χ1v) is 11.1. The van der Waals surface area contributed by atoms with Gasteiger partial charge >= 0.3 is 0 Å². The van der Waals surface area contributed by atoms with Gasteiger partial charge in [-0.15, -0.1) is 0 Å². The molecule has 3 aromatic rings. The first-order chi connectivity index (χ1) is 16.0. The van der Waals surface area contributed by atoms with Gasteiger partial charge in [-0.1, -0.05) is 68.4 Å². The molecule has 7 heteroatoms. The van der Waals surface area contributed by atoms with E-state index in [-0.39, 0.29) is 17.9 Å². The molecule has 0 saturated carbocycles. The lowest BCUT2D eigenvalue weighted by atomic mass is 10.0. The zero-order valence-electron chi connectivity index (χ0n) is 19.0. The summed E-state index contributed by atoms with van der Waals surface area (Å²) in [6, 6.07) is 18.6. The molecule has 1 N–H and O–H groups in total. The maximum absolute atomic E-state index is 12.6. The zero-order chi connectivity index (χ0) is 23.4. The number of aldehydes is 1. The number of rotatable bonds is 8. The van der Waals surface area contributed by atoms with Crippen molar-refractivity contribution in [3.05, 3.63) is 83.6 Å². The zero-order valence-corrected chi connectivity index (χ0v) is 19.0. The highest BCUT2D eigenvalue weighted by molar-refractivity contribution is 6.08. The molecule has 1 aliphatic heterocycles. The number of anilines is 2. The molecular weight excluding hydrogens is 416 g/mol. The van der Waals surface area contributed by atoms with Gasteiger partial charge in [0.15, 0.2) is 18.3 Å². The third-order valence-electron chi connectivity index (χ3n) is 5.92. The van der Waals surface area contributed by atoms with Crippen LogP contribution in [0.5, 0.6) is 0 Å². The Labute approximate surface area is 193 Å². The van der Waals surface area contributed by atoms with Crippen LogP contribution in [-0.2, 0) is 9.53 Å². The summed E-state index contributed by atoms with van der Waals surface area (Å²) < 4.78 is 5.65. The van der Waals surface area contributed by atoms with Crippen LogP contribution >= 0.6 is 0 Å². The van der Waals surface area contributed by atoms with Crippen molar-refractivity contribution in [2.75, 3.05) is 16.8 Å². The van der Waals surface area contributed by atoms with Crippen molar-refractivity contribution < 1.29 is 14.3 Å². The lowest BCUT2D eigenvalue weighted by molar-refractivity contribution is -0.115. The molecule has 1 unspecified atom stereocenters. The lowest BCUT2D eigenvalue weighted by Gasteiger charge is -2.29. The van der Waals surface area contributed by atoms with Crippen LogP contribution in [0.25, 0.3) is 0 Å². The Morgan fingerprint density at radius 1 is 1.06 bits per heavy atom. The van der Waals surface area contributed by atoms with Crippen LogP contribution in [0.1, 0.15) is 48.3 Å². The number of ether oxygens (including phenoxy) is 1. The highest BCUT2D eigenvalue weighted by Crippen LogP contribution is 2.28. The first-order valence-electron chi connectivity index (χ1n) is 11.1. The van der Waals surface area contributed by atoms with E-state index in [0.717, 1.165) is 11.8 Å². The summed E-state index contributed by atoms with van der Waals surface area (Å²) >= 11 is 0. The fourth-order valence-corrected chi connectivity index (χ4v) is 3.98. The topological polar surface area (TPSA) is 84.4 Å². The van der Waals surface area contributed by atoms with E-state index in [0.29, 0.717) is 35.4 Å². The Hall–Kier alpha value is -3.58. The van der Waals surface area contributed by atoms with Crippen molar-refractivity contribution in [2.45, 2.75) is 39.1 Å². The van der Waals surface area contributed by atoms with E-state index >= 15 is 0 Å². The second kappa shape index (κ2) is 9.92. The molecule has 170 valence electrons. The number of carbonyl (C=O) groups is 2. The summed E-state index contributed by atoms with van der Waals surface area (Å²) in [4.78, 5) is 35.1. The predicted octanol–water partition coefficient (Wildman–Crippen LogP) is 4.27. The fourth-order valence-electron chi connectivity index (χ4n) is 3.98. The second-order valence-corrected chi connectivity index (χ2v) is 8.50. The number of hydrogen-bond acceptors (Lipinski definition) is 7. The molecule has 1 aliphatic rings. The van der Waals surface area contributed by atoms with Crippen molar-refractivity contribution in [3.8, 4) is 0 Å². The number of ketones is 1. The lowest BCUT2D eigenvalue weighted by Crippen LogP contribution is -2.41. The third kappa shape index (κ3) is 4.93. The van der Waals surface area contributed by atoms with Gasteiger partial charge in [0.1, 0.15) is 5.82 Å². The fraction of sp³-hybridized carbons (Fsp3) is 0.308. The van der Waals surface area contributed by atoms with Gasteiger partial charge in [0.25, 0.3) is 0 Å². The minimum absolute atomic E-state index is 0.00364. The van der Waals surface area contributed by atoms with Gasteiger partial charge < -0.3 is 15.0 Å². The molecule has 0 bridgehead atoms. The molecule has 1 fully saturated rings. The molecular formula is C26H28N4O3. The van der Waals surface area contributed by atoms with Crippen LogP contribution in [0.2, 0.25) is 0 Å². The molecule has 1 aromatic heterocycles. The van der Waals surface area contributed by atoms with E-state index in [1.165, 1.54) is 0 Å². The van der Waals surface area contributed by atoms with Gasteiger partial charge in [0.05, 0.1) is 18.7 Å². The van der Waals surface area contributed by atoms with E-state index < -0.39 is 6.23 Å². The van der Waals surface area contributed by atoms with Crippen LogP contribution in [0.15, 0.2) is 66.9 Å². The summed E-state index contributed by atoms with van der Waals surface area (Å²) in [5.41, 5.74) is 2.31. The smallest absolute Gasteiger partial charge is 0.225 e. The summed E-state index contributed by atoms with van der Waals surface area (Å²) in [6.07, 6.45) is 1.84. The normalized spacial score (nSPS) is 18.8. The Morgan fingerprint density at radius 2 is 1.76 bits per heavy atom. The van der Waals surface area contributed by atoms with Gasteiger partial charge in [0.2, 0.25) is 5.95 Å². The van der Waals surface area contributed by atoms with Crippen LogP contribution in [0, 0.1) is 5.92 Å². The number of nitrogens with one attached hydrogen (secondary N) is 1. The van der Waals surface area contributed by atoms with Gasteiger partial charge in [-0.3, -0.25) is 9.59 Å². The van der Waals surface area contributed by atoms with Crippen molar-refractivity contribution in [2.24, 2.45) is 5.92 Å². The van der Waals surface area contributed by atoms with E-state index in [1.54, 1.807) is 12.3 Å². The van der Waals surface area contributed by atoms with Crippen LogP contribution in [0.4, 0.5) is 11.8 Å². The minimum atomic E-state index is -0.646. The summed E-state index contributed by atoms with van der Waals surface area (Å²) in [5, 5.41) is 3.32. The van der Waals surface area contributed by atoms with Crippen LogP contribution in [0.3, 0.4) is 0 Å². The van der Waals surface area contributed by atoms with Crippen molar-refractivity contribution in [3.63, 3.8) is 0 Å². The molecule has 3 atom stereocenters. The molecule has 2 heterocycles. The first kappa shape index (κ1) is 22.6. The van der Waals surface area contributed by atoms with E-state index in [4.69, 9.17) is 4.74 Å². The molecule has 1 saturated heterocycles. The largest absolute Gasteiger partial charge is 0.349 e. The standard InChI is InChI=1S/C26H28N4O3/c1-17(2)22-16-33-24(15-31)30(22)23-13-14-27-26(29-23)28-18(3)19-9-11-21(12-10-19)25(32)20-7-5-4-6-8-20/h4-15,17-18,22,24H,16H2,1-3H3,(H,27,28,29)/t18-,22+,24?/m0/s1. The quantitative estimate of drug-likeness (QED) is 0.410. The Morgan fingerprint density at radius 3 is 2.42 bits per heavy atom. The molecule has 7 nitrogen and oxygen atoms in total. The molecule has 33 heavy (non-hydrogen) atoms. The Balaban J connectivity index is 1.48. The number of hydrogen-bond donors (Lipinski definition) is 1. The van der Waals surface area contributed by atoms with E-state index in [1.807, 2.05) is 66.4 Å². The van der Waals surface area contributed by atoms with E-state index in [2.05, 4.69) is 29.1 Å². The van der Waals surface area contributed by atoms with Crippen molar-refractivity contribution in [1.29, 1.82) is 0 Å². The maximum atomic E-state index is 12.6. The highest BCUT2D eigenvalue weighted by Gasteiger charge is 2.37. The molecule has 4 rings (SSSR count). The minimum Gasteiger partial charge on any atom is -0.349 e. The van der Waals surface area contributed by atoms with Crippen molar-refractivity contribution >= 4 is 23.8 Å². The average Bonchev–Trinajstić information content (AvgIpc) is 3.29. The Bertz CT molecular complexity index is 1100. The van der Waals surface area contributed by atoms with Crippen molar-refractivity contribution in [1.82, 2.24) is 9.97 Å². The summed E-state index contributed by atoms with van der Waals surface area (Å²) in [7, 11) is 0. The van der Waals surface area contributed by atoms with Gasteiger partial charge in [-0.05, 0) is 24.5 Å². The summed E-state index contributed by atoms with van der Waals surface area (Å²) in [6.45, 7) is 6.69. The number of carbonyl (C=O) groups excluding carboxylic acids is 2. The molecule has 0 radical (unpaired) electrons. The average molecular weight is 445 g/mol. The number of aromatic nitrogens is 2. The number of nitrogens with zero attached hydrogens (tertiary/aromatic N) is 3. The monoisotopic (exact) mass is 444 g/mol. The highest BCUT2D eigenvalue weighted by atomic mass is 16.5. The van der Waals surface area contributed by atoms with Gasteiger partial charge in [0, 0.05) is 17.3 Å². The second-order valence-electron chi connectivity index (χ2n) is 8.50. The van der Waals surface area contributed by atoms with Gasteiger partial charge in [-0.2, -0.15) is 4.98 Å². The molecule has 0 aliphatic carbocycles. The van der Waals surface area contributed by atoms with Gasteiger partial charge in [-0.25, -0.2) is 4.98 Å². The van der Waals surface area contributed by atoms with Crippen LogP contribution in [-0.4, -0.2) is 40.9 Å². The SMILES string of the molecule is CC(C)[C@H]1COC(C=O)N1c1ccnc(N[C@@H](C)c2ccc(C(=O)c3ccccc3)cc2)n1. The predicted molar refractivity (Wildman–Crippen MR) is 127 cm³/mol. The molecule has 0 amide bonds. The van der Waals surface area contributed by atoms with E-state index in [9.17, 15) is 9.59 Å².